The maximum atomic E-state index is 13.0. The molecule has 0 saturated carbocycles. The van der Waals surface area contributed by atoms with E-state index in [0.717, 1.165) is 31.4 Å². The minimum atomic E-state index is -3.84. The highest BCUT2D eigenvalue weighted by atomic mass is 32.2. The van der Waals surface area contributed by atoms with Crippen LogP contribution in [-0.2, 0) is 24.3 Å². The topological polar surface area (TPSA) is 113 Å². The lowest BCUT2D eigenvalue weighted by Crippen LogP contribution is -2.36. The third-order valence-corrected chi connectivity index (χ3v) is 7.87. The summed E-state index contributed by atoms with van der Waals surface area (Å²) in [6.07, 6.45) is 3.89. The van der Waals surface area contributed by atoms with Gasteiger partial charge in [-0.3, -0.25) is 9.59 Å². The molecule has 2 saturated heterocycles. The molecule has 0 radical (unpaired) electrons. The summed E-state index contributed by atoms with van der Waals surface area (Å²) in [7, 11) is -3.84. The van der Waals surface area contributed by atoms with E-state index in [1.165, 1.54) is 16.4 Å². The number of sulfonamides is 1. The highest BCUT2D eigenvalue weighted by Gasteiger charge is 2.30. The molecule has 0 bridgehead atoms. The normalized spacial score (nSPS) is 16.9. The van der Waals surface area contributed by atoms with Crippen LogP contribution in [0.4, 0.5) is 11.4 Å². The van der Waals surface area contributed by atoms with E-state index in [9.17, 15) is 22.8 Å². The minimum absolute atomic E-state index is 0.0753. The number of ether oxygens (including phenoxy) is 1. The highest BCUT2D eigenvalue weighted by molar-refractivity contribution is 7.89. The Labute approximate surface area is 198 Å². The Hall–Kier alpha value is -3.24. The fraction of sp³-hybridized carbons (Fsp3) is 0.375. The van der Waals surface area contributed by atoms with E-state index in [4.69, 9.17) is 4.74 Å². The summed E-state index contributed by atoms with van der Waals surface area (Å²) in [5.74, 6) is -1.37. The molecule has 4 rings (SSSR count). The van der Waals surface area contributed by atoms with Crippen LogP contribution in [0.15, 0.2) is 53.4 Å². The van der Waals surface area contributed by atoms with Gasteiger partial charge in [-0.05, 0) is 55.7 Å². The van der Waals surface area contributed by atoms with Crippen LogP contribution in [0.5, 0.6) is 0 Å². The van der Waals surface area contributed by atoms with Crippen molar-refractivity contribution in [2.45, 2.75) is 37.0 Å². The molecule has 180 valence electrons. The third kappa shape index (κ3) is 5.28. The van der Waals surface area contributed by atoms with Gasteiger partial charge in [-0.25, -0.2) is 13.2 Å². The Balaban J connectivity index is 1.37. The van der Waals surface area contributed by atoms with Crippen molar-refractivity contribution in [3.05, 3.63) is 54.1 Å². The van der Waals surface area contributed by atoms with E-state index in [1.54, 1.807) is 41.3 Å². The molecule has 10 heteroatoms. The Morgan fingerprint density at radius 2 is 1.62 bits per heavy atom. The zero-order valence-electron chi connectivity index (χ0n) is 18.7. The van der Waals surface area contributed by atoms with Gasteiger partial charge in [0.05, 0.1) is 10.5 Å². The number of anilines is 2. The smallest absolute Gasteiger partial charge is 0.340 e. The SMILES string of the molecule is O=C(COC(=O)c1ccccc1S(=O)(=O)N1CCCCC1)Nc1ccc(N2CCCC2=O)cc1. The zero-order valence-corrected chi connectivity index (χ0v) is 19.6. The van der Waals surface area contributed by atoms with Gasteiger partial charge in [0, 0.05) is 37.4 Å². The molecule has 0 spiro atoms. The van der Waals surface area contributed by atoms with Gasteiger partial charge < -0.3 is 15.0 Å². The third-order valence-electron chi connectivity index (χ3n) is 5.91. The second-order valence-corrected chi connectivity index (χ2v) is 10.2. The average Bonchev–Trinajstić information content (AvgIpc) is 3.29. The first-order valence-corrected chi connectivity index (χ1v) is 12.8. The number of amides is 2. The van der Waals surface area contributed by atoms with Crippen molar-refractivity contribution in [1.29, 1.82) is 0 Å². The van der Waals surface area contributed by atoms with Crippen LogP contribution in [0.25, 0.3) is 0 Å². The molecule has 1 N–H and O–H groups in total. The molecule has 34 heavy (non-hydrogen) atoms. The molecular formula is C24H27N3O6S. The fourth-order valence-electron chi connectivity index (χ4n) is 4.16. The van der Waals surface area contributed by atoms with Crippen LogP contribution in [0.3, 0.4) is 0 Å². The van der Waals surface area contributed by atoms with Gasteiger partial charge in [-0.15, -0.1) is 0 Å². The van der Waals surface area contributed by atoms with Crippen molar-refractivity contribution >= 4 is 39.2 Å². The summed E-state index contributed by atoms with van der Waals surface area (Å²) in [6.45, 7) is 0.941. The fourth-order valence-corrected chi connectivity index (χ4v) is 5.85. The molecule has 0 aliphatic carbocycles. The van der Waals surface area contributed by atoms with Gasteiger partial charge in [0.25, 0.3) is 5.91 Å². The number of piperidine rings is 1. The molecule has 2 heterocycles. The van der Waals surface area contributed by atoms with Gasteiger partial charge >= 0.3 is 5.97 Å². The number of hydrogen-bond acceptors (Lipinski definition) is 6. The summed E-state index contributed by atoms with van der Waals surface area (Å²) < 4.78 is 32.6. The van der Waals surface area contributed by atoms with Gasteiger partial charge in [-0.2, -0.15) is 4.31 Å². The summed E-state index contributed by atoms with van der Waals surface area (Å²) in [5.41, 5.74) is 1.16. The van der Waals surface area contributed by atoms with E-state index >= 15 is 0 Å². The minimum Gasteiger partial charge on any atom is -0.452 e. The molecule has 2 aromatic rings. The molecule has 2 fully saturated rings. The lowest BCUT2D eigenvalue weighted by atomic mass is 10.2. The van der Waals surface area contributed by atoms with Crippen molar-refractivity contribution in [1.82, 2.24) is 4.31 Å². The average molecular weight is 486 g/mol. The number of nitrogens with zero attached hydrogens (tertiary/aromatic N) is 2. The van der Waals surface area contributed by atoms with Crippen molar-refractivity contribution in [2.75, 3.05) is 36.5 Å². The molecule has 0 unspecified atom stereocenters. The standard InChI is InChI=1S/C24H27N3O6S/c28-22(25-18-10-12-19(13-11-18)27-16-6-9-23(27)29)17-33-24(30)20-7-2-3-8-21(20)34(31,32)26-14-4-1-5-15-26/h2-3,7-8,10-13H,1,4-6,9,14-17H2,(H,25,28). The molecule has 2 aliphatic rings. The van der Waals surface area contributed by atoms with Gasteiger partial charge in [0.15, 0.2) is 6.61 Å². The maximum Gasteiger partial charge on any atom is 0.340 e. The molecule has 0 aromatic heterocycles. The van der Waals surface area contributed by atoms with Crippen LogP contribution in [-0.4, -0.2) is 56.7 Å². The zero-order chi connectivity index (χ0) is 24.1. The summed E-state index contributed by atoms with van der Waals surface area (Å²) >= 11 is 0. The number of carbonyl (C=O) groups is 3. The summed E-state index contributed by atoms with van der Waals surface area (Å²) in [6, 6.07) is 12.7. The highest BCUT2D eigenvalue weighted by Crippen LogP contribution is 2.25. The predicted molar refractivity (Wildman–Crippen MR) is 126 cm³/mol. The van der Waals surface area contributed by atoms with Crippen LogP contribution in [0.1, 0.15) is 42.5 Å². The Kier molecular flexibility index (Phi) is 7.28. The van der Waals surface area contributed by atoms with Crippen LogP contribution in [0, 0.1) is 0 Å². The number of esters is 1. The molecule has 9 nitrogen and oxygen atoms in total. The largest absolute Gasteiger partial charge is 0.452 e. The number of nitrogens with one attached hydrogen (secondary N) is 1. The summed E-state index contributed by atoms with van der Waals surface area (Å²) in [4.78, 5) is 38.4. The van der Waals surface area contributed by atoms with E-state index in [1.807, 2.05) is 0 Å². The summed E-state index contributed by atoms with van der Waals surface area (Å²) in [5, 5.41) is 2.63. The van der Waals surface area contributed by atoms with Crippen molar-refractivity contribution in [3.8, 4) is 0 Å². The second-order valence-electron chi connectivity index (χ2n) is 8.28. The van der Waals surface area contributed by atoms with Crippen molar-refractivity contribution in [2.24, 2.45) is 0 Å². The molecule has 2 aliphatic heterocycles. The van der Waals surface area contributed by atoms with Crippen molar-refractivity contribution < 1.29 is 27.5 Å². The van der Waals surface area contributed by atoms with Gasteiger partial charge in [-0.1, -0.05) is 18.6 Å². The molecule has 2 aromatic carbocycles. The maximum absolute atomic E-state index is 13.0. The Morgan fingerprint density at radius 1 is 0.912 bits per heavy atom. The van der Waals surface area contributed by atoms with Crippen LogP contribution < -0.4 is 10.2 Å². The number of benzene rings is 2. The van der Waals surface area contributed by atoms with E-state index < -0.39 is 28.5 Å². The van der Waals surface area contributed by atoms with Gasteiger partial charge in [0.1, 0.15) is 0 Å². The molecule has 2 amide bonds. The van der Waals surface area contributed by atoms with Gasteiger partial charge in [0.2, 0.25) is 15.9 Å². The molecular weight excluding hydrogens is 458 g/mol. The number of hydrogen-bond donors (Lipinski definition) is 1. The molecule has 0 atom stereocenters. The Bertz CT molecular complexity index is 1170. The van der Waals surface area contributed by atoms with Crippen molar-refractivity contribution in [3.63, 3.8) is 0 Å². The van der Waals surface area contributed by atoms with E-state index in [-0.39, 0.29) is 16.4 Å². The van der Waals surface area contributed by atoms with E-state index in [0.29, 0.717) is 31.7 Å². The predicted octanol–water partition coefficient (Wildman–Crippen LogP) is 2.78. The first-order valence-electron chi connectivity index (χ1n) is 11.3. The first-order chi connectivity index (χ1) is 16.4. The van der Waals surface area contributed by atoms with Crippen LogP contribution >= 0.6 is 0 Å². The lowest BCUT2D eigenvalue weighted by Gasteiger charge is -2.26. The van der Waals surface area contributed by atoms with E-state index in [2.05, 4.69) is 5.32 Å². The lowest BCUT2D eigenvalue weighted by molar-refractivity contribution is -0.119. The number of carbonyl (C=O) groups excluding carboxylic acids is 3. The van der Waals surface area contributed by atoms with Crippen LogP contribution in [0.2, 0.25) is 0 Å². The quantitative estimate of drug-likeness (QED) is 0.604. The monoisotopic (exact) mass is 485 g/mol. The number of rotatable bonds is 7. The second kappa shape index (κ2) is 10.4. The first kappa shape index (κ1) is 23.9. The Morgan fingerprint density at radius 3 is 2.29 bits per heavy atom.